The van der Waals surface area contributed by atoms with Crippen LogP contribution < -0.4 is 16.5 Å². The van der Waals surface area contributed by atoms with Gasteiger partial charge in [-0.15, -0.1) is 0 Å². The Labute approximate surface area is 173 Å². The van der Waals surface area contributed by atoms with Crippen LogP contribution in [0.3, 0.4) is 0 Å². The van der Waals surface area contributed by atoms with Gasteiger partial charge < -0.3 is 21.4 Å². The highest BCUT2D eigenvalue weighted by molar-refractivity contribution is 5.90. The number of amides is 2. The SMILES string of the molecule is C[C@H](NC1CCCCC1)C(=O)N1CCC[C@H]1C(=O)NCc1ccc(C=NN)cc1. The molecule has 1 saturated heterocycles. The predicted octanol–water partition coefficient (Wildman–Crippen LogP) is 1.90. The van der Waals surface area contributed by atoms with E-state index in [4.69, 9.17) is 5.84 Å². The zero-order valence-electron chi connectivity index (χ0n) is 17.3. The minimum atomic E-state index is -0.373. The molecule has 7 heteroatoms. The lowest BCUT2D eigenvalue weighted by atomic mass is 9.95. The van der Waals surface area contributed by atoms with Crippen LogP contribution in [0.25, 0.3) is 0 Å². The molecule has 1 heterocycles. The molecule has 1 aromatic rings. The number of hydrazone groups is 1. The number of carbonyl (C=O) groups excluding carboxylic acids is 2. The van der Waals surface area contributed by atoms with Gasteiger partial charge in [0.1, 0.15) is 6.04 Å². The van der Waals surface area contributed by atoms with Crippen molar-refractivity contribution < 1.29 is 9.59 Å². The molecule has 4 N–H and O–H groups in total. The van der Waals surface area contributed by atoms with Crippen molar-refractivity contribution in [2.45, 2.75) is 76.5 Å². The van der Waals surface area contributed by atoms with Crippen molar-refractivity contribution in [2.75, 3.05) is 6.54 Å². The molecule has 0 aromatic heterocycles. The highest BCUT2D eigenvalue weighted by Crippen LogP contribution is 2.21. The Morgan fingerprint density at radius 2 is 1.90 bits per heavy atom. The fourth-order valence-corrected chi connectivity index (χ4v) is 4.36. The quantitative estimate of drug-likeness (QED) is 0.370. The number of benzene rings is 1. The fourth-order valence-electron chi connectivity index (χ4n) is 4.36. The topological polar surface area (TPSA) is 99.8 Å². The molecule has 2 amide bonds. The Morgan fingerprint density at radius 1 is 1.17 bits per heavy atom. The summed E-state index contributed by atoms with van der Waals surface area (Å²) >= 11 is 0. The molecular weight excluding hydrogens is 366 g/mol. The summed E-state index contributed by atoms with van der Waals surface area (Å²) < 4.78 is 0. The van der Waals surface area contributed by atoms with Crippen molar-refractivity contribution in [3.05, 3.63) is 35.4 Å². The molecule has 158 valence electrons. The minimum absolute atomic E-state index is 0.0404. The van der Waals surface area contributed by atoms with Gasteiger partial charge in [-0.3, -0.25) is 9.59 Å². The van der Waals surface area contributed by atoms with Crippen molar-refractivity contribution >= 4 is 18.0 Å². The van der Waals surface area contributed by atoms with Crippen LogP contribution in [0.15, 0.2) is 29.4 Å². The molecule has 0 unspecified atom stereocenters. The summed E-state index contributed by atoms with van der Waals surface area (Å²) in [5.41, 5.74) is 1.91. The number of rotatable bonds is 7. The third-order valence-electron chi connectivity index (χ3n) is 5.97. The molecule has 2 fully saturated rings. The van der Waals surface area contributed by atoms with Gasteiger partial charge in [0, 0.05) is 19.1 Å². The Bertz CT molecular complexity index is 712. The molecule has 1 aromatic carbocycles. The van der Waals surface area contributed by atoms with Gasteiger partial charge in [-0.25, -0.2) is 0 Å². The maximum absolute atomic E-state index is 13.0. The first-order chi connectivity index (χ1) is 14.1. The van der Waals surface area contributed by atoms with Gasteiger partial charge in [0.25, 0.3) is 0 Å². The minimum Gasteiger partial charge on any atom is -0.350 e. The average Bonchev–Trinajstić information content (AvgIpc) is 3.23. The second-order valence-corrected chi connectivity index (χ2v) is 8.15. The van der Waals surface area contributed by atoms with Crippen molar-refractivity contribution in [1.29, 1.82) is 0 Å². The predicted molar refractivity (Wildman–Crippen MR) is 114 cm³/mol. The molecule has 7 nitrogen and oxygen atoms in total. The average molecular weight is 400 g/mol. The van der Waals surface area contributed by atoms with E-state index in [0.29, 0.717) is 19.1 Å². The van der Waals surface area contributed by atoms with Crippen molar-refractivity contribution in [3.8, 4) is 0 Å². The van der Waals surface area contributed by atoms with E-state index in [1.165, 1.54) is 19.3 Å². The molecule has 1 saturated carbocycles. The number of hydrogen-bond donors (Lipinski definition) is 3. The van der Waals surface area contributed by atoms with Gasteiger partial charge in [-0.05, 0) is 43.7 Å². The first kappa shape index (κ1) is 21.3. The summed E-state index contributed by atoms with van der Waals surface area (Å²) in [6.07, 6.45) is 9.19. The summed E-state index contributed by atoms with van der Waals surface area (Å²) in [5, 5.41) is 9.97. The van der Waals surface area contributed by atoms with E-state index in [0.717, 1.165) is 36.8 Å². The van der Waals surface area contributed by atoms with Crippen LogP contribution >= 0.6 is 0 Å². The Hall–Kier alpha value is -2.41. The molecule has 0 bridgehead atoms. The van der Waals surface area contributed by atoms with Crippen LogP contribution in [0.4, 0.5) is 0 Å². The molecule has 2 aliphatic rings. The lowest BCUT2D eigenvalue weighted by molar-refractivity contribution is -0.140. The molecule has 29 heavy (non-hydrogen) atoms. The highest BCUT2D eigenvalue weighted by Gasteiger charge is 2.36. The van der Waals surface area contributed by atoms with Gasteiger partial charge in [-0.2, -0.15) is 5.10 Å². The zero-order valence-corrected chi connectivity index (χ0v) is 17.3. The largest absolute Gasteiger partial charge is 0.350 e. The normalized spacial score (nSPS) is 21.4. The summed E-state index contributed by atoms with van der Waals surface area (Å²) in [7, 11) is 0. The van der Waals surface area contributed by atoms with Crippen LogP contribution in [0.2, 0.25) is 0 Å². The number of likely N-dealkylation sites (tertiary alicyclic amines) is 1. The molecule has 1 aliphatic heterocycles. The van der Waals surface area contributed by atoms with E-state index < -0.39 is 0 Å². The zero-order chi connectivity index (χ0) is 20.6. The lowest BCUT2D eigenvalue weighted by Gasteiger charge is -2.30. The molecular formula is C22H33N5O2. The standard InChI is InChI=1S/C22H33N5O2/c1-16(26-19-6-3-2-4-7-19)22(29)27-13-5-8-20(27)21(28)24-14-17-9-11-18(12-10-17)15-25-23/h9-12,15-16,19-20,26H,2-8,13-14,23H2,1H3,(H,24,28)/t16-,20-/m0/s1. The number of nitrogens with two attached hydrogens (primary N) is 1. The Morgan fingerprint density at radius 3 is 2.59 bits per heavy atom. The molecule has 1 aliphatic carbocycles. The van der Waals surface area contributed by atoms with Gasteiger partial charge in [0.05, 0.1) is 12.3 Å². The fraction of sp³-hybridized carbons (Fsp3) is 0.591. The maximum atomic E-state index is 13.0. The van der Waals surface area contributed by atoms with Crippen molar-refractivity contribution in [2.24, 2.45) is 10.9 Å². The third-order valence-corrected chi connectivity index (χ3v) is 5.97. The van der Waals surface area contributed by atoms with E-state index in [2.05, 4.69) is 15.7 Å². The number of nitrogens with one attached hydrogen (secondary N) is 2. The van der Waals surface area contributed by atoms with Crippen LogP contribution in [-0.2, 0) is 16.1 Å². The number of carbonyl (C=O) groups is 2. The van der Waals surface area contributed by atoms with Crippen LogP contribution in [0.5, 0.6) is 0 Å². The maximum Gasteiger partial charge on any atom is 0.243 e. The summed E-state index contributed by atoms with van der Waals surface area (Å²) in [5.74, 6) is 5.12. The summed E-state index contributed by atoms with van der Waals surface area (Å²) in [4.78, 5) is 27.5. The second-order valence-electron chi connectivity index (χ2n) is 8.15. The van der Waals surface area contributed by atoms with Crippen LogP contribution in [0, 0.1) is 0 Å². The second kappa shape index (κ2) is 10.4. The van der Waals surface area contributed by atoms with E-state index in [-0.39, 0.29) is 23.9 Å². The monoisotopic (exact) mass is 399 g/mol. The highest BCUT2D eigenvalue weighted by atomic mass is 16.2. The van der Waals surface area contributed by atoms with E-state index in [1.807, 2.05) is 31.2 Å². The number of nitrogens with zero attached hydrogens (tertiary/aromatic N) is 2. The molecule has 3 rings (SSSR count). The van der Waals surface area contributed by atoms with Gasteiger partial charge in [0.2, 0.25) is 11.8 Å². The van der Waals surface area contributed by atoms with Crippen LogP contribution in [0.1, 0.15) is 63.0 Å². The summed E-state index contributed by atoms with van der Waals surface area (Å²) in [6.45, 7) is 3.02. The lowest BCUT2D eigenvalue weighted by Crippen LogP contribution is -2.53. The van der Waals surface area contributed by atoms with Crippen molar-refractivity contribution in [1.82, 2.24) is 15.5 Å². The molecule has 0 radical (unpaired) electrons. The van der Waals surface area contributed by atoms with E-state index in [1.54, 1.807) is 11.1 Å². The first-order valence-electron chi connectivity index (χ1n) is 10.7. The van der Waals surface area contributed by atoms with E-state index >= 15 is 0 Å². The van der Waals surface area contributed by atoms with Crippen molar-refractivity contribution in [3.63, 3.8) is 0 Å². The first-order valence-corrected chi connectivity index (χ1v) is 10.7. The third kappa shape index (κ3) is 5.79. The van der Waals surface area contributed by atoms with Gasteiger partial charge in [-0.1, -0.05) is 43.5 Å². The smallest absolute Gasteiger partial charge is 0.243 e. The summed E-state index contributed by atoms with van der Waals surface area (Å²) in [6, 6.07) is 7.48. The van der Waals surface area contributed by atoms with E-state index in [9.17, 15) is 9.59 Å². The molecule has 2 atom stereocenters. The Balaban J connectivity index is 1.51. The van der Waals surface area contributed by atoms with Gasteiger partial charge >= 0.3 is 0 Å². The number of hydrogen-bond acceptors (Lipinski definition) is 5. The molecule has 0 spiro atoms. The Kier molecular flexibility index (Phi) is 7.63. The van der Waals surface area contributed by atoms with Crippen LogP contribution in [-0.4, -0.2) is 47.6 Å². The van der Waals surface area contributed by atoms with Gasteiger partial charge in [0.15, 0.2) is 0 Å².